The minimum absolute atomic E-state index is 0.00369. The first kappa shape index (κ1) is 53.9. The molecule has 3 heterocycles. The van der Waals surface area contributed by atoms with E-state index in [4.69, 9.17) is 0 Å². The molecule has 7 aliphatic rings. The Morgan fingerprint density at radius 3 is 1.65 bits per heavy atom. The monoisotopic (exact) mass is 1100 g/mol. The molecule has 2 atom stereocenters. The van der Waals surface area contributed by atoms with E-state index in [2.05, 4.69) is 271 Å². The largest absolute Gasteiger partial charge is 0.335 e. The first-order valence-corrected chi connectivity index (χ1v) is 32.2. The van der Waals surface area contributed by atoms with E-state index in [9.17, 15) is 0 Å². The van der Waals surface area contributed by atoms with Crippen molar-refractivity contribution in [2.75, 3.05) is 14.7 Å². The highest BCUT2D eigenvalue weighted by Crippen LogP contribution is 2.63. The van der Waals surface area contributed by atoms with Crippen molar-refractivity contribution in [1.82, 2.24) is 0 Å². The zero-order chi connectivity index (χ0) is 58.8. The van der Waals surface area contributed by atoms with Crippen LogP contribution in [0.2, 0.25) is 0 Å². The third-order valence-electron chi connectivity index (χ3n) is 23.5. The van der Waals surface area contributed by atoms with Crippen molar-refractivity contribution in [3.63, 3.8) is 0 Å². The SMILES string of the molecule is Cc1cc2c3c(c1)N1c4c(cc(-c5ccc(C(C)(C)C)cc5)cc4C4(C)CCCCC14C)B3c1ccc(N(c3ccc4c(c3)C(C)(C)CCC4(C)C)c3ccc4c(c3)C(C)(C)CCC4(C)C)cc1N2c1cccc2c1C(C)(C)c1ccccc1-2. The lowest BCUT2D eigenvalue weighted by Gasteiger charge is -2.53. The van der Waals surface area contributed by atoms with Gasteiger partial charge in [-0.25, -0.2) is 0 Å². The standard InChI is InChI=1S/C80H88BN3/c1-49-42-68-71-69(43-49)84-72-63(79(15)36-19-20-37-80(79,84)16)44-51(50-26-28-52(29-27-50)73(2,3)4)45-65(72)81(71)64-35-32-55(48-67(64)83(68)66-25-21-23-57-56-22-17-18-24-58(56)78(13,14)70(57)66)82(53-30-33-59-61(46-53)76(9,10)40-38-74(59,5)6)54-31-34-60-62(47-54)77(11,12)41-39-75(60,7)8/h17-18,21-35,42-48H,19-20,36-41H2,1-16H3. The number of aryl methyl sites for hydroxylation is 1. The zero-order valence-corrected chi connectivity index (χ0v) is 53.4. The summed E-state index contributed by atoms with van der Waals surface area (Å²) in [5.74, 6) is 0. The summed E-state index contributed by atoms with van der Waals surface area (Å²) in [6.45, 7) is 39.3. The molecular weight excluding hydrogens is 1010 g/mol. The molecule has 0 spiro atoms. The van der Waals surface area contributed by atoms with E-state index in [1.807, 2.05) is 0 Å². The quantitative estimate of drug-likeness (QED) is 0.159. The van der Waals surface area contributed by atoms with Crippen LogP contribution in [0.25, 0.3) is 22.3 Å². The van der Waals surface area contributed by atoms with E-state index in [1.165, 1.54) is 179 Å². The van der Waals surface area contributed by atoms with Crippen LogP contribution in [0, 0.1) is 6.92 Å². The van der Waals surface area contributed by atoms with Crippen molar-refractivity contribution in [3.8, 4) is 22.3 Å². The average Bonchev–Trinajstić information content (AvgIpc) is 1.44. The maximum atomic E-state index is 2.91. The Hall–Kier alpha value is -6.78. The molecule has 1 fully saturated rings. The van der Waals surface area contributed by atoms with Gasteiger partial charge in [-0.05, 0) is 229 Å². The van der Waals surface area contributed by atoms with Gasteiger partial charge in [0.25, 0.3) is 6.71 Å². The number of rotatable bonds is 5. The molecule has 0 bridgehead atoms. The summed E-state index contributed by atoms with van der Waals surface area (Å²) < 4.78 is 0. The highest BCUT2D eigenvalue weighted by molar-refractivity contribution is 7.00. The van der Waals surface area contributed by atoms with Crippen LogP contribution in [0.4, 0.5) is 45.5 Å². The summed E-state index contributed by atoms with van der Waals surface area (Å²) in [4.78, 5) is 8.33. The van der Waals surface area contributed by atoms with Gasteiger partial charge in [0, 0.05) is 50.6 Å². The zero-order valence-electron chi connectivity index (χ0n) is 53.4. The van der Waals surface area contributed by atoms with Crippen LogP contribution in [0.3, 0.4) is 0 Å². The lowest BCUT2D eigenvalue weighted by molar-refractivity contribution is 0.195. The van der Waals surface area contributed by atoms with E-state index in [-0.39, 0.29) is 50.2 Å². The molecule has 0 saturated heterocycles. The summed E-state index contributed by atoms with van der Waals surface area (Å²) in [6, 6.07) is 59.3. The molecule has 0 amide bonds. The van der Waals surface area contributed by atoms with E-state index >= 15 is 0 Å². The molecule has 84 heavy (non-hydrogen) atoms. The molecule has 8 aromatic carbocycles. The third-order valence-corrected chi connectivity index (χ3v) is 23.5. The first-order chi connectivity index (χ1) is 39.6. The van der Waals surface area contributed by atoms with Crippen LogP contribution in [0.15, 0.2) is 146 Å². The van der Waals surface area contributed by atoms with Gasteiger partial charge in [-0.1, -0.05) is 195 Å². The normalized spacial score (nSPS) is 22.6. The highest BCUT2D eigenvalue weighted by Gasteiger charge is 2.62. The first-order valence-electron chi connectivity index (χ1n) is 32.2. The van der Waals surface area contributed by atoms with Gasteiger partial charge in [0.05, 0.1) is 11.2 Å². The Morgan fingerprint density at radius 2 is 1.01 bits per heavy atom. The van der Waals surface area contributed by atoms with Gasteiger partial charge in [-0.3, -0.25) is 0 Å². The van der Waals surface area contributed by atoms with E-state index < -0.39 is 0 Å². The number of anilines is 8. The molecule has 426 valence electrons. The van der Waals surface area contributed by atoms with Crippen molar-refractivity contribution in [2.45, 2.75) is 206 Å². The summed E-state index contributed by atoms with van der Waals surface area (Å²) in [7, 11) is 0. The Kier molecular flexibility index (Phi) is 11.2. The smallest absolute Gasteiger partial charge is 0.252 e. The van der Waals surface area contributed by atoms with Crippen LogP contribution >= 0.6 is 0 Å². The fourth-order valence-electron chi connectivity index (χ4n) is 18.1. The topological polar surface area (TPSA) is 9.72 Å². The molecule has 4 heteroatoms. The molecule has 1 saturated carbocycles. The van der Waals surface area contributed by atoms with Gasteiger partial charge in [0.2, 0.25) is 0 Å². The lowest BCUT2D eigenvalue weighted by Crippen LogP contribution is -2.64. The number of nitrogens with zero attached hydrogens (tertiary/aromatic N) is 3. The lowest BCUT2D eigenvalue weighted by atomic mass is 9.33. The molecule has 0 N–H and O–H groups in total. The Bertz CT molecular complexity index is 4040. The van der Waals surface area contributed by atoms with Crippen LogP contribution in [-0.2, 0) is 37.9 Å². The molecule has 0 radical (unpaired) electrons. The second kappa shape index (κ2) is 17.4. The van der Waals surface area contributed by atoms with E-state index in [0.29, 0.717) is 0 Å². The summed E-state index contributed by atoms with van der Waals surface area (Å²) in [6.07, 6.45) is 9.54. The van der Waals surface area contributed by atoms with Gasteiger partial charge >= 0.3 is 0 Å². The Morgan fingerprint density at radius 1 is 0.440 bits per heavy atom. The second-order valence-electron chi connectivity index (χ2n) is 31.9. The van der Waals surface area contributed by atoms with Crippen molar-refractivity contribution in [3.05, 3.63) is 196 Å². The predicted octanol–water partition coefficient (Wildman–Crippen LogP) is 19.8. The molecule has 3 nitrogen and oxygen atoms in total. The number of benzene rings is 8. The number of hydrogen-bond acceptors (Lipinski definition) is 3. The Labute approximate surface area is 504 Å². The maximum Gasteiger partial charge on any atom is 0.252 e. The molecule has 2 unspecified atom stereocenters. The van der Waals surface area contributed by atoms with Crippen molar-refractivity contribution in [2.24, 2.45) is 0 Å². The molecule has 15 rings (SSSR count). The predicted molar refractivity (Wildman–Crippen MR) is 360 cm³/mol. The van der Waals surface area contributed by atoms with Crippen molar-refractivity contribution >= 4 is 68.6 Å². The van der Waals surface area contributed by atoms with Crippen molar-refractivity contribution in [1.29, 1.82) is 0 Å². The van der Waals surface area contributed by atoms with E-state index in [0.717, 1.165) is 6.42 Å². The average molecular weight is 1100 g/mol. The molecular formula is C80H88BN3. The van der Waals surface area contributed by atoms with Crippen LogP contribution in [-0.4, -0.2) is 12.3 Å². The highest BCUT2D eigenvalue weighted by atomic mass is 15.3. The van der Waals surface area contributed by atoms with Crippen LogP contribution in [0.5, 0.6) is 0 Å². The van der Waals surface area contributed by atoms with Gasteiger partial charge in [-0.2, -0.15) is 0 Å². The van der Waals surface area contributed by atoms with Crippen LogP contribution < -0.4 is 31.1 Å². The number of fused-ring (bicyclic) bond motifs is 12. The summed E-state index contributed by atoms with van der Waals surface area (Å²) >= 11 is 0. The van der Waals surface area contributed by atoms with Gasteiger partial charge in [0.15, 0.2) is 0 Å². The fraction of sp³-hybridized carbons (Fsp3) is 0.400. The van der Waals surface area contributed by atoms with Crippen LogP contribution in [0.1, 0.15) is 205 Å². The molecule has 3 aliphatic heterocycles. The minimum atomic E-state index is -0.244. The maximum absolute atomic E-state index is 2.91. The molecule has 4 aliphatic carbocycles. The fourth-order valence-corrected chi connectivity index (χ4v) is 18.1. The van der Waals surface area contributed by atoms with Crippen molar-refractivity contribution < 1.29 is 0 Å². The van der Waals surface area contributed by atoms with Gasteiger partial charge < -0.3 is 14.7 Å². The summed E-state index contributed by atoms with van der Waals surface area (Å²) in [5.41, 5.74) is 32.9. The number of hydrogen-bond donors (Lipinski definition) is 0. The summed E-state index contributed by atoms with van der Waals surface area (Å²) in [5, 5.41) is 0. The molecule has 8 aromatic rings. The second-order valence-corrected chi connectivity index (χ2v) is 31.9. The van der Waals surface area contributed by atoms with Gasteiger partial charge in [0.1, 0.15) is 0 Å². The van der Waals surface area contributed by atoms with E-state index in [1.54, 1.807) is 0 Å². The van der Waals surface area contributed by atoms with Gasteiger partial charge in [-0.15, -0.1) is 0 Å². The minimum Gasteiger partial charge on any atom is -0.335 e. The third kappa shape index (κ3) is 7.36. The Balaban J connectivity index is 1.04. The molecule has 0 aromatic heterocycles.